The number of anilines is 1. The van der Waals surface area contributed by atoms with E-state index in [9.17, 15) is 9.18 Å². The molecule has 0 radical (unpaired) electrons. The van der Waals surface area contributed by atoms with E-state index in [1.807, 2.05) is 6.92 Å². The zero-order valence-corrected chi connectivity index (χ0v) is 13.1. The molecule has 1 N–H and O–H groups in total. The lowest BCUT2D eigenvalue weighted by atomic mass is 10.2. The summed E-state index contributed by atoms with van der Waals surface area (Å²) < 4.78 is 19.8. The molecule has 0 aliphatic rings. The third-order valence-corrected chi connectivity index (χ3v) is 3.36. The summed E-state index contributed by atoms with van der Waals surface area (Å²) in [6.07, 6.45) is 3.06. The van der Waals surface area contributed by atoms with Gasteiger partial charge in [-0.1, -0.05) is 0 Å². The van der Waals surface area contributed by atoms with E-state index < -0.39 is 0 Å². The molecule has 0 atom stereocenters. The lowest BCUT2D eigenvalue weighted by molar-refractivity contribution is 0.102. The SMILES string of the molecule is CCOc1ccc(NC(=O)c2cnn(-c3ccc(F)cc3)c2)cc1. The molecule has 2 aromatic carbocycles. The number of amides is 1. The summed E-state index contributed by atoms with van der Waals surface area (Å²) in [4.78, 5) is 12.3. The highest BCUT2D eigenvalue weighted by Crippen LogP contribution is 2.17. The Labute approximate surface area is 138 Å². The van der Waals surface area contributed by atoms with Crippen molar-refractivity contribution in [3.8, 4) is 11.4 Å². The number of carbonyl (C=O) groups excluding carboxylic acids is 1. The molecule has 3 rings (SSSR count). The Balaban J connectivity index is 1.70. The van der Waals surface area contributed by atoms with Crippen LogP contribution in [-0.4, -0.2) is 22.3 Å². The normalized spacial score (nSPS) is 10.4. The Morgan fingerprint density at radius 3 is 2.54 bits per heavy atom. The van der Waals surface area contributed by atoms with E-state index in [0.29, 0.717) is 23.5 Å². The average molecular weight is 325 g/mol. The van der Waals surface area contributed by atoms with Gasteiger partial charge in [0, 0.05) is 11.9 Å². The molecule has 0 saturated carbocycles. The fourth-order valence-corrected chi connectivity index (χ4v) is 2.18. The van der Waals surface area contributed by atoms with Crippen LogP contribution in [0.3, 0.4) is 0 Å². The minimum absolute atomic E-state index is 0.271. The fraction of sp³-hybridized carbons (Fsp3) is 0.111. The smallest absolute Gasteiger partial charge is 0.258 e. The third-order valence-electron chi connectivity index (χ3n) is 3.36. The maximum absolute atomic E-state index is 13.0. The Morgan fingerprint density at radius 1 is 1.17 bits per heavy atom. The van der Waals surface area contributed by atoms with E-state index >= 15 is 0 Å². The van der Waals surface area contributed by atoms with Crippen molar-refractivity contribution >= 4 is 11.6 Å². The highest BCUT2D eigenvalue weighted by atomic mass is 19.1. The van der Waals surface area contributed by atoms with Crippen LogP contribution in [0.5, 0.6) is 5.75 Å². The molecule has 6 heteroatoms. The Hall–Kier alpha value is -3.15. The van der Waals surface area contributed by atoms with Crippen molar-refractivity contribution < 1.29 is 13.9 Å². The monoisotopic (exact) mass is 325 g/mol. The second-order valence-electron chi connectivity index (χ2n) is 5.06. The summed E-state index contributed by atoms with van der Waals surface area (Å²) in [6.45, 7) is 2.50. The summed E-state index contributed by atoms with van der Waals surface area (Å²) in [6, 6.07) is 13.0. The number of halogens is 1. The zero-order chi connectivity index (χ0) is 16.9. The van der Waals surface area contributed by atoms with Crippen LogP contribution < -0.4 is 10.1 Å². The van der Waals surface area contributed by atoms with Gasteiger partial charge in [-0.15, -0.1) is 0 Å². The van der Waals surface area contributed by atoms with Gasteiger partial charge >= 0.3 is 0 Å². The van der Waals surface area contributed by atoms with Crippen molar-refractivity contribution in [1.82, 2.24) is 9.78 Å². The molecule has 0 saturated heterocycles. The standard InChI is InChI=1S/C18H16FN3O2/c1-2-24-17-9-5-15(6-10-17)21-18(23)13-11-20-22(12-13)16-7-3-14(19)4-8-16/h3-12H,2H2,1H3,(H,21,23). The molecule has 3 aromatic rings. The molecule has 0 fully saturated rings. The van der Waals surface area contributed by atoms with Crippen molar-refractivity contribution in [2.24, 2.45) is 0 Å². The molecule has 122 valence electrons. The van der Waals surface area contributed by atoms with Crippen molar-refractivity contribution in [2.45, 2.75) is 6.92 Å². The predicted molar refractivity (Wildman–Crippen MR) is 89.1 cm³/mol. The third kappa shape index (κ3) is 3.60. The van der Waals surface area contributed by atoms with Crippen LogP contribution in [0.2, 0.25) is 0 Å². The van der Waals surface area contributed by atoms with Crippen LogP contribution in [0, 0.1) is 5.82 Å². The van der Waals surface area contributed by atoms with Gasteiger partial charge in [-0.2, -0.15) is 5.10 Å². The number of rotatable bonds is 5. The molecule has 5 nitrogen and oxygen atoms in total. The molecule has 0 aliphatic carbocycles. The van der Waals surface area contributed by atoms with Crippen LogP contribution in [0.15, 0.2) is 60.9 Å². The molecule has 1 amide bonds. The van der Waals surface area contributed by atoms with Gasteiger partial charge in [0.1, 0.15) is 11.6 Å². The number of hydrogen-bond acceptors (Lipinski definition) is 3. The van der Waals surface area contributed by atoms with Crippen molar-refractivity contribution in [1.29, 1.82) is 0 Å². The topological polar surface area (TPSA) is 56.1 Å². The summed E-state index contributed by atoms with van der Waals surface area (Å²) in [5, 5.41) is 6.92. The maximum atomic E-state index is 13.0. The summed E-state index contributed by atoms with van der Waals surface area (Å²) >= 11 is 0. The predicted octanol–water partition coefficient (Wildman–Crippen LogP) is 3.66. The minimum Gasteiger partial charge on any atom is -0.494 e. The number of ether oxygens (including phenoxy) is 1. The Morgan fingerprint density at radius 2 is 1.88 bits per heavy atom. The van der Waals surface area contributed by atoms with E-state index in [1.165, 1.54) is 23.0 Å². The van der Waals surface area contributed by atoms with E-state index in [2.05, 4.69) is 10.4 Å². The minimum atomic E-state index is -0.320. The van der Waals surface area contributed by atoms with Crippen LogP contribution in [0.4, 0.5) is 10.1 Å². The Kier molecular flexibility index (Phi) is 4.56. The lowest BCUT2D eigenvalue weighted by Gasteiger charge is -2.06. The van der Waals surface area contributed by atoms with Crippen LogP contribution in [0.25, 0.3) is 5.69 Å². The van der Waals surface area contributed by atoms with E-state index in [4.69, 9.17) is 4.74 Å². The molecule has 1 aromatic heterocycles. The number of nitrogens with one attached hydrogen (secondary N) is 1. The van der Waals surface area contributed by atoms with E-state index in [1.54, 1.807) is 42.6 Å². The van der Waals surface area contributed by atoms with Crippen LogP contribution in [-0.2, 0) is 0 Å². The molecule has 0 aliphatic heterocycles. The first kappa shape index (κ1) is 15.7. The van der Waals surface area contributed by atoms with Gasteiger partial charge in [0.2, 0.25) is 0 Å². The average Bonchev–Trinajstić information content (AvgIpc) is 3.08. The molecule has 1 heterocycles. The van der Waals surface area contributed by atoms with E-state index in [-0.39, 0.29) is 11.7 Å². The van der Waals surface area contributed by atoms with Crippen LogP contribution in [0.1, 0.15) is 17.3 Å². The second-order valence-corrected chi connectivity index (χ2v) is 5.06. The Bertz CT molecular complexity index is 826. The number of aromatic nitrogens is 2. The number of nitrogens with zero attached hydrogens (tertiary/aromatic N) is 2. The van der Waals surface area contributed by atoms with Gasteiger partial charge in [0.15, 0.2) is 0 Å². The molecule has 24 heavy (non-hydrogen) atoms. The first-order valence-corrected chi connectivity index (χ1v) is 7.50. The summed E-state index contributed by atoms with van der Waals surface area (Å²) in [5.74, 6) is 0.159. The van der Waals surface area contributed by atoms with Gasteiger partial charge in [0.25, 0.3) is 5.91 Å². The number of hydrogen-bond donors (Lipinski definition) is 1. The second kappa shape index (κ2) is 6.95. The number of carbonyl (C=O) groups is 1. The quantitative estimate of drug-likeness (QED) is 0.779. The van der Waals surface area contributed by atoms with E-state index in [0.717, 1.165) is 5.75 Å². The molecular formula is C18H16FN3O2. The first-order chi connectivity index (χ1) is 11.7. The van der Waals surface area contributed by atoms with Crippen molar-refractivity contribution in [3.05, 3.63) is 72.3 Å². The van der Waals surface area contributed by atoms with Gasteiger partial charge in [-0.05, 0) is 55.5 Å². The van der Waals surface area contributed by atoms with Crippen molar-refractivity contribution in [2.75, 3.05) is 11.9 Å². The summed E-state index contributed by atoms with van der Waals surface area (Å²) in [5.41, 5.74) is 1.75. The van der Waals surface area contributed by atoms with Gasteiger partial charge in [0.05, 0.1) is 24.1 Å². The van der Waals surface area contributed by atoms with Crippen LogP contribution >= 0.6 is 0 Å². The lowest BCUT2D eigenvalue weighted by Crippen LogP contribution is -2.11. The molecule has 0 bridgehead atoms. The zero-order valence-electron chi connectivity index (χ0n) is 13.1. The molecular weight excluding hydrogens is 309 g/mol. The fourth-order valence-electron chi connectivity index (χ4n) is 2.18. The van der Waals surface area contributed by atoms with Gasteiger partial charge in [-0.3, -0.25) is 4.79 Å². The molecule has 0 unspecified atom stereocenters. The first-order valence-electron chi connectivity index (χ1n) is 7.50. The van der Waals surface area contributed by atoms with Gasteiger partial charge < -0.3 is 10.1 Å². The highest BCUT2D eigenvalue weighted by Gasteiger charge is 2.10. The van der Waals surface area contributed by atoms with Gasteiger partial charge in [-0.25, -0.2) is 9.07 Å². The number of benzene rings is 2. The largest absolute Gasteiger partial charge is 0.494 e. The summed E-state index contributed by atoms with van der Waals surface area (Å²) in [7, 11) is 0. The highest BCUT2D eigenvalue weighted by molar-refractivity contribution is 6.04. The maximum Gasteiger partial charge on any atom is 0.258 e. The molecule has 0 spiro atoms. The van der Waals surface area contributed by atoms with Crippen molar-refractivity contribution in [3.63, 3.8) is 0 Å².